The fourth-order valence-electron chi connectivity index (χ4n) is 13.4. The highest BCUT2D eigenvalue weighted by Crippen LogP contribution is 2.89. The third-order valence-corrected chi connectivity index (χ3v) is 15.3. The predicted molar refractivity (Wildman–Crippen MR) is 175 cm³/mol. The van der Waals surface area contributed by atoms with Crippen molar-refractivity contribution in [3.63, 3.8) is 0 Å². The lowest BCUT2D eigenvalue weighted by Crippen LogP contribution is -2.63. The first-order valence-corrected chi connectivity index (χ1v) is 18.1. The quantitative estimate of drug-likeness (QED) is 0.184. The molecule has 6 fully saturated rings. The van der Waals surface area contributed by atoms with E-state index in [0.29, 0.717) is 5.92 Å². The number of ether oxygens (including phenoxy) is 7. The van der Waals surface area contributed by atoms with Gasteiger partial charge in [-0.05, 0) is 106 Å². The van der Waals surface area contributed by atoms with E-state index in [4.69, 9.17) is 33.2 Å². The van der Waals surface area contributed by atoms with Crippen LogP contribution in [0.25, 0.3) is 0 Å². The Morgan fingerprint density at radius 1 is 0.787 bits per heavy atom. The summed E-state index contributed by atoms with van der Waals surface area (Å²) in [6, 6.07) is 0. The molecule has 2 spiro atoms. The zero-order chi connectivity index (χ0) is 34.4. The van der Waals surface area contributed by atoms with E-state index in [1.165, 1.54) is 6.92 Å². The average molecular weight is 663 g/mol. The smallest absolute Gasteiger partial charge is 0.302 e. The van der Waals surface area contributed by atoms with Gasteiger partial charge in [0.2, 0.25) is 0 Å². The molecule has 268 valence electrons. The van der Waals surface area contributed by atoms with Gasteiger partial charge in [0.15, 0.2) is 0 Å². The van der Waals surface area contributed by atoms with Crippen LogP contribution < -0.4 is 0 Å². The van der Waals surface area contributed by atoms with Crippen LogP contribution in [0, 0.1) is 44.8 Å². The maximum atomic E-state index is 12.7. The highest BCUT2D eigenvalue weighted by atomic mass is 16.7. The predicted octanol–water partition coefficient (Wildman–Crippen LogP) is 6.83. The molecule has 0 bridgehead atoms. The molecule has 0 aromatic rings. The zero-order valence-corrected chi connectivity index (χ0v) is 31.0. The van der Waals surface area contributed by atoms with Crippen molar-refractivity contribution in [1.82, 2.24) is 0 Å². The lowest BCUT2D eigenvalue weighted by molar-refractivity contribution is -0.230. The van der Waals surface area contributed by atoms with Gasteiger partial charge in [-0.25, -0.2) is 0 Å². The molecule has 0 aromatic heterocycles. The van der Waals surface area contributed by atoms with E-state index >= 15 is 0 Å². The summed E-state index contributed by atoms with van der Waals surface area (Å²) >= 11 is 0. The monoisotopic (exact) mass is 662 g/mol. The van der Waals surface area contributed by atoms with Gasteiger partial charge in [-0.1, -0.05) is 27.7 Å². The minimum absolute atomic E-state index is 0.0254. The Labute approximate surface area is 282 Å². The highest BCUT2D eigenvalue weighted by Gasteiger charge is 2.85. The summed E-state index contributed by atoms with van der Waals surface area (Å²) in [5.74, 6) is 0.211. The molecule has 1 saturated heterocycles. The Kier molecular flexibility index (Phi) is 8.81. The molecule has 9 heteroatoms. The van der Waals surface area contributed by atoms with Crippen molar-refractivity contribution in [1.29, 1.82) is 0 Å². The van der Waals surface area contributed by atoms with Crippen LogP contribution in [0.15, 0.2) is 0 Å². The Morgan fingerprint density at radius 2 is 1.47 bits per heavy atom. The molecular weight excluding hydrogens is 600 g/mol. The normalized spacial score (nSPS) is 48.1. The van der Waals surface area contributed by atoms with Gasteiger partial charge in [-0.2, -0.15) is 0 Å². The van der Waals surface area contributed by atoms with Gasteiger partial charge in [0.25, 0.3) is 0 Å². The Bertz CT molecular complexity index is 1230. The third kappa shape index (κ3) is 5.09. The zero-order valence-electron chi connectivity index (χ0n) is 31.0. The molecule has 1 unspecified atom stereocenters. The minimum Gasteiger partial charge on any atom is -0.462 e. The molecule has 5 saturated carbocycles. The number of carbonyl (C=O) groups excluding carboxylic acids is 2. The molecule has 0 N–H and O–H groups in total. The molecule has 0 aromatic carbocycles. The first-order valence-electron chi connectivity index (χ1n) is 18.1. The largest absolute Gasteiger partial charge is 0.462 e. The van der Waals surface area contributed by atoms with E-state index < -0.39 is 11.2 Å². The topological polar surface area (TPSA) is 98.8 Å². The van der Waals surface area contributed by atoms with Gasteiger partial charge in [0.05, 0.1) is 23.4 Å². The summed E-state index contributed by atoms with van der Waals surface area (Å²) in [6.07, 6.45) is 8.39. The van der Waals surface area contributed by atoms with Crippen LogP contribution in [0.4, 0.5) is 0 Å². The summed E-state index contributed by atoms with van der Waals surface area (Å²) in [5.41, 5.74) is -1.06. The Hall–Kier alpha value is -1.26. The number of esters is 2. The van der Waals surface area contributed by atoms with Gasteiger partial charge in [-0.3, -0.25) is 9.59 Å². The van der Waals surface area contributed by atoms with E-state index in [1.807, 2.05) is 0 Å². The van der Waals surface area contributed by atoms with Gasteiger partial charge >= 0.3 is 11.9 Å². The van der Waals surface area contributed by atoms with Crippen LogP contribution in [-0.4, -0.2) is 75.4 Å². The van der Waals surface area contributed by atoms with E-state index in [0.717, 1.165) is 57.8 Å². The van der Waals surface area contributed by atoms with E-state index in [1.54, 1.807) is 21.1 Å². The molecule has 1 heterocycles. The van der Waals surface area contributed by atoms with Gasteiger partial charge < -0.3 is 33.2 Å². The average Bonchev–Trinajstić information content (AvgIpc) is 3.32. The standard InChI is InChI=1S/C38H62O9/c1-23(39)45-25-18-27-35(8)19-26(43-21-41-10)31(36(9)14-12-29(47-36)33(5,6)44-22-42-11)34(35,7)16-17-37(27)20-38(37)15-13-28(46-24(2)40)32(3,4)30(25)38/h25-31H,12-22H2,1-11H3/t25-,26-,27-,28-,29-,30-,31-,34+,35-,36+,37-,38?/m0/s1. The van der Waals surface area contributed by atoms with Crippen molar-refractivity contribution in [2.24, 2.45) is 44.8 Å². The molecule has 0 radical (unpaired) electrons. The van der Waals surface area contributed by atoms with Crippen molar-refractivity contribution >= 4 is 11.9 Å². The summed E-state index contributed by atoms with van der Waals surface area (Å²) in [6.45, 7) is 19.6. The van der Waals surface area contributed by atoms with Crippen LogP contribution in [-0.2, 0) is 42.7 Å². The van der Waals surface area contributed by atoms with Crippen LogP contribution in [0.2, 0.25) is 0 Å². The first-order chi connectivity index (χ1) is 21.9. The van der Waals surface area contributed by atoms with Gasteiger partial charge in [0.1, 0.15) is 25.8 Å². The minimum atomic E-state index is -0.482. The molecule has 1 aliphatic heterocycles. The third-order valence-electron chi connectivity index (χ3n) is 15.3. The van der Waals surface area contributed by atoms with Gasteiger partial charge in [0, 0.05) is 45.3 Å². The molecule has 9 nitrogen and oxygen atoms in total. The van der Waals surface area contributed by atoms with Gasteiger partial charge in [-0.15, -0.1) is 0 Å². The first kappa shape index (κ1) is 35.6. The van der Waals surface area contributed by atoms with Crippen molar-refractivity contribution < 1.29 is 42.7 Å². The van der Waals surface area contributed by atoms with Crippen LogP contribution in [0.5, 0.6) is 0 Å². The Morgan fingerprint density at radius 3 is 2.11 bits per heavy atom. The second-order valence-corrected chi connectivity index (χ2v) is 18.1. The number of rotatable bonds is 10. The molecule has 12 atom stereocenters. The van der Waals surface area contributed by atoms with Crippen molar-refractivity contribution in [2.75, 3.05) is 27.8 Å². The summed E-state index contributed by atoms with van der Waals surface area (Å²) < 4.78 is 43.0. The number of hydrogen-bond donors (Lipinski definition) is 0. The van der Waals surface area contributed by atoms with E-state index in [2.05, 4.69) is 48.5 Å². The Balaban J connectivity index is 1.37. The number of carbonyl (C=O) groups is 2. The van der Waals surface area contributed by atoms with Crippen LogP contribution >= 0.6 is 0 Å². The summed E-state index contributed by atoms with van der Waals surface area (Å²) in [7, 11) is 3.35. The molecule has 5 aliphatic carbocycles. The molecule has 6 rings (SSSR count). The lowest BCUT2D eigenvalue weighted by atomic mass is 9.41. The number of fused-ring (bicyclic) bond motifs is 2. The molecular formula is C38H62O9. The van der Waals surface area contributed by atoms with Crippen molar-refractivity contribution in [3.8, 4) is 0 Å². The highest BCUT2D eigenvalue weighted by molar-refractivity contribution is 5.67. The van der Waals surface area contributed by atoms with Crippen LogP contribution in [0.1, 0.15) is 120 Å². The summed E-state index contributed by atoms with van der Waals surface area (Å²) in [5, 5.41) is 0. The maximum Gasteiger partial charge on any atom is 0.302 e. The second kappa shape index (κ2) is 11.6. The maximum absolute atomic E-state index is 12.7. The van der Waals surface area contributed by atoms with Crippen LogP contribution in [0.3, 0.4) is 0 Å². The lowest BCUT2D eigenvalue weighted by Gasteiger charge is -2.64. The molecule has 0 amide bonds. The number of methoxy groups -OCH3 is 2. The van der Waals surface area contributed by atoms with Crippen molar-refractivity contribution in [2.45, 2.75) is 156 Å². The fraction of sp³-hybridized carbons (Fsp3) is 0.947. The van der Waals surface area contributed by atoms with E-state index in [-0.39, 0.29) is 88.9 Å². The second-order valence-electron chi connectivity index (χ2n) is 18.1. The SMILES string of the molecule is COCO[C@H]1C[C@@]2(C)[C@@H]3C[C@H](OC(C)=O)[C@H]4C(C)(C)[C@@H](OC(C)=O)CCC45C[C@@]35CC[C@]2(C)[C@H]1[C@@]1(C)CC[C@@H](C(C)(C)OCOC)O1. The summed E-state index contributed by atoms with van der Waals surface area (Å²) in [4.78, 5) is 24.9. The fourth-order valence-corrected chi connectivity index (χ4v) is 13.4. The van der Waals surface area contributed by atoms with Crippen molar-refractivity contribution in [3.05, 3.63) is 0 Å². The number of hydrogen-bond acceptors (Lipinski definition) is 9. The van der Waals surface area contributed by atoms with E-state index in [9.17, 15) is 9.59 Å². The molecule has 6 aliphatic rings. The molecule has 47 heavy (non-hydrogen) atoms.